The summed E-state index contributed by atoms with van der Waals surface area (Å²) in [6, 6.07) is 8.92. The van der Waals surface area contributed by atoms with Gasteiger partial charge in [-0.05, 0) is 36.4 Å². The molecule has 1 N–H and O–H groups in total. The van der Waals surface area contributed by atoms with Crippen LogP contribution in [0.4, 0.5) is 0 Å². The van der Waals surface area contributed by atoms with E-state index in [-0.39, 0.29) is 0 Å². The Hall–Kier alpha value is -0.530. The van der Waals surface area contributed by atoms with Gasteiger partial charge in [-0.2, -0.15) is 0 Å². The summed E-state index contributed by atoms with van der Waals surface area (Å²) >= 11 is 6.38. The van der Waals surface area contributed by atoms with Crippen molar-refractivity contribution in [1.82, 2.24) is 5.32 Å². The van der Waals surface area contributed by atoms with Crippen LogP contribution in [0.25, 0.3) is 0 Å². The van der Waals surface area contributed by atoms with Crippen molar-refractivity contribution in [3.05, 3.63) is 34.9 Å². The molecule has 1 fully saturated rings. The summed E-state index contributed by atoms with van der Waals surface area (Å²) < 4.78 is 0. The number of rotatable bonds is 6. The predicted octanol–water partition coefficient (Wildman–Crippen LogP) is 5.47. The summed E-state index contributed by atoms with van der Waals surface area (Å²) in [6.45, 7) is 5.59. The average Bonchev–Trinajstić information content (AvgIpc) is 2.74. The van der Waals surface area contributed by atoms with E-state index in [1.165, 1.54) is 44.1 Å². The molecule has 0 heterocycles. The minimum absolute atomic E-state index is 0.560. The van der Waals surface area contributed by atoms with E-state index in [0.29, 0.717) is 12.0 Å². The van der Waals surface area contributed by atoms with Gasteiger partial charge < -0.3 is 5.32 Å². The van der Waals surface area contributed by atoms with Crippen molar-refractivity contribution in [1.29, 1.82) is 0 Å². The number of hydrogen-bond acceptors (Lipinski definition) is 1. The molecule has 0 amide bonds. The minimum atomic E-state index is 0.560. The minimum Gasteiger partial charge on any atom is -0.314 e. The van der Waals surface area contributed by atoms with E-state index in [9.17, 15) is 0 Å². The van der Waals surface area contributed by atoms with Crippen molar-refractivity contribution in [3.8, 4) is 0 Å². The van der Waals surface area contributed by atoms with Crippen molar-refractivity contribution >= 4 is 11.6 Å². The summed E-state index contributed by atoms with van der Waals surface area (Å²) in [6.07, 6.45) is 9.57. The van der Waals surface area contributed by atoms with Crippen molar-refractivity contribution in [2.24, 2.45) is 11.8 Å². The first-order valence-electron chi connectivity index (χ1n) is 8.63. The highest BCUT2D eigenvalue weighted by Gasteiger charge is 2.23. The van der Waals surface area contributed by atoms with Gasteiger partial charge >= 0.3 is 0 Å². The molecule has 1 aliphatic carbocycles. The molecule has 1 nitrogen and oxygen atoms in total. The lowest BCUT2D eigenvalue weighted by atomic mass is 9.82. The van der Waals surface area contributed by atoms with E-state index in [1.54, 1.807) is 0 Å². The van der Waals surface area contributed by atoms with Gasteiger partial charge in [-0.25, -0.2) is 0 Å². The van der Waals surface area contributed by atoms with Crippen LogP contribution in [0.3, 0.4) is 0 Å². The van der Waals surface area contributed by atoms with Crippen LogP contribution in [0, 0.1) is 11.8 Å². The molecule has 1 atom stereocenters. The van der Waals surface area contributed by atoms with Crippen molar-refractivity contribution < 1.29 is 0 Å². The number of benzene rings is 1. The van der Waals surface area contributed by atoms with Gasteiger partial charge in [0.2, 0.25) is 0 Å². The van der Waals surface area contributed by atoms with E-state index < -0.39 is 0 Å². The molecule has 1 aliphatic rings. The van der Waals surface area contributed by atoms with Crippen LogP contribution in [0.2, 0.25) is 5.02 Å². The van der Waals surface area contributed by atoms with Gasteiger partial charge in [0.1, 0.15) is 0 Å². The molecular weight excluding hydrogens is 278 g/mol. The summed E-state index contributed by atoms with van der Waals surface area (Å²) in [4.78, 5) is 0. The highest BCUT2D eigenvalue weighted by atomic mass is 35.5. The molecule has 21 heavy (non-hydrogen) atoms. The molecule has 118 valence electrons. The third-order valence-electron chi connectivity index (χ3n) is 4.79. The Labute approximate surface area is 135 Å². The second-order valence-corrected chi connectivity index (χ2v) is 7.28. The van der Waals surface area contributed by atoms with Crippen molar-refractivity contribution in [3.63, 3.8) is 0 Å². The summed E-state index contributed by atoms with van der Waals surface area (Å²) in [5.74, 6) is 1.57. The Balaban J connectivity index is 2.05. The predicted molar refractivity (Wildman–Crippen MR) is 93.0 cm³/mol. The Kier molecular flexibility index (Phi) is 7.06. The first-order chi connectivity index (χ1) is 10.2. The largest absolute Gasteiger partial charge is 0.314 e. The van der Waals surface area contributed by atoms with Crippen molar-refractivity contribution in [2.75, 3.05) is 6.54 Å². The van der Waals surface area contributed by atoms with Gasteiger partial charge in [-0.15, -0.1) is 0 Å². The zero-order chi connectivity index (χ0) is 15.1. The lowest BCUT2D eigenvalue weighted by molar-refractivity contribution is 0.279. The summed E-state index contributed by atoms with van der Waals surface area (Å²) in [5.41, 5.74) is 1.32. The molecule has 0 aliphatic heterocycles. The quantitative estimate of drug-likeness (QED) is 0.687. The fraction of sp³-hybridized carbons (Fsp3) is 0.684. The lowest BCUT2D eigenvalue weighted by Gasteiger charge is -2.28. The first-order valence-corrected chi connectivity index (χ1v) is 9.01. The Morgan fingerprint density at radius 1 is 1.10 bits per heavy atom. The highest BCUT2D eigenvalue weighted by molar-refractivity contribution is 6.31. The van der Waals surface area contributed by atoms with Crippen LogP contribution >= 0.6 is 11.6 Å². The van der Waals surface area contributed by atoms with Gasteiger partial charge in [0, 0.05) is 11.1 Å². The molecular formula is C19H30ClN. The van der Waals surface area contributed by atoms with Gasteiger partial charge in [0.15, 0.2) is 0 Å². The zero-order valence-corrected chi connectivity index (χ0v) is 14.3. The van der Waals surface area contributed by atoms with Gasteiger partial charge in [0.25, 0.3) is 0 Å². The molecule has 1 aromatic carbocycles. The molecule has 1 unspecified atom stereocenters. The molecule has 1 aromatic rings. The van der Waals surface area contributed by atoms with Crippen LogP contribution in [0.5, 0.6) is 0 Å². The van der Waals surface area contributed by atoms with E-state index in [0.717, 1.165) is 23.9 Å². The third-order valence-corrected chi connectivity index (χ3v) is 5.16. The second kappa shape index (κ2) is 8.80. The standard InChI is InChI=1S/C19H30ClN/c1-15(2)21-14-18(16-9-5-3-4-6-10-16)13-17-11-7-8-12-19(17)20/h7-8,11-12,15-16,18,21H,3-6,9-10,13-14H2,1-2H3. The van der Waals surface area contributed by atoms with E-state index in [2.05, 4.69) is 31.3 Å². The molecule has 1 saturated carbocycles. The van der Waals surface area contributed by atoms with Gasteiger partial charge in [-0.3, -0.25) is 0 Å². The maximum Gasteiger partial charge on any atom is 0.0438 e. The molecule has 0 spiro atoms. The lowest BCUT2D eigenvalue weighted by Crippen LogP contribution is -2.33. The fourth-order valence-electron chi connectivity index (χ4n) is 3.52. The topological polar surface area (TPSA) is 12.0 Å². The molecule has 0 saturated heterocycles. The molecule has 0 aromatic heterocycles. The van der Waals surface area contributed by atoms with Crippen LogP contribution in [-0.4, -0.2) is 12.6 Å². The Morgan fingerprint density at radius 2 is 1.76 bits per heavy atom. The SMILES string of the molecule is CC(C)NCC(Cc1ccccc1Cl)C1CCCCCC1. The molecule has 0 radical (unpaired) electrons. The second-order valence-electron chi connectivity index (χ2n) is 6.87. The first kappa shape index (κ1) is 16.8. The van der Waals surface area contributed by atoms with Gasteiger partial charge in [0.05, 0.1) is 0 Å². The maximum absolute atomic E-state index is 6.38. The van der Waals surface area contributed by atoms with E-state index >= 15 is 0 Å². The molecule has 2 heteroatoms. The Bertz CT molecular complexity index is 408. The van der Waals surface area contributed by atoms with E-state index in [4.69, 9.17) is 11.6 Å². The van der Waals surface area contributed by atoms with Crippen LogP contribution < -0.4 is 5.32 Å². The number of halogens is 1. The summed E-state index contributed by atoms with van der Waals surface area (Å²) in [5, 5.41) is 4.59. The average molecular weight is 308 g/mol. The van der Waals surface area contributed by atoms with E-state index in [1.807, 2.05) is 12.1 Å². The third kappa shape index (κ3) is 5.64. The number of nitrogens with one attached hydrogen (secondary N) is 1. The normalized spacial score (nSPS) is 18.7. The van der Waals surface area contributed by atoms with Crippen molar-refractivity contribution in [2.45, 2.75) is 64.8 Å². The molecule has 0 bridgehead atoms. The van der Waals surface area contributed by atoms with Crippen LogP contribution in [-0.2, 0) is 6.42 Å². The maximum atomic E-state index is 6.38. The van der Waals surface area contributed by atoms with Crippen LogP contribution in [0.15, 0.2) is 24.3 Å². The summed E-state index contributed by atoms with van der Waals surface area (Å²) in [7, 11) is 0. The zero-order valence-electron chi connectivity index (χ0n) is 13.6. The smallest absolute Gasteiger partial charge is 0.0438 e. The van der Waals surface area contributed by atoms with Gasteiger partial charge in [-0.1, -0.05) is 82.2 Å². The molecule has 2 rings (SSSR count). The van der Waals surface area contributed by atoms with Crippen LogP contribution in [0.1, 0.15) is 57.9 Å². The fourth-order valence-corrected chi connectivity index (χ4v) is 3.73. The number of hydrogen-bond donors (Lipinski definition) is 1. The monoisotopic (exact) mass is 307 g/mol. The highest BCUT2D eigenvalue weighted by Crippen LogP contribution is 2.32. The Morgan fingerprint density at radius 3 is 2.38 bits per heavy atom.